The van der Waals surface area contributed by atoms with E-state index in [0.717, 1.165) is 34.3 Å². The summed E-state index contributed by atoms with van der Waals surface area (Å²) >= 11 is 8.20. The number of fused-ring (bicyclic) bond motifs is 1. The number of hydrogen-bond donors (Lipinski definition) is 2. The first-order valence-corrected chi connectivity index (χ1v) is 8.22. The lowest BCUT2D eigenvalue weighted by molar-refractivity contribution is 0.102. The highest BCUT2D eigenvalue weighted by atomic mass is 127. The number of rotatable bonds is 2. The Kier molecular flexibility index (Phi) is 4.35. The van der Waals surface area contributed by atoms with Gasteiger partial charge in [0, 0.05) is 27.1 Å². The predicted octanol–water partition coefficient (Wildman–Crippen LogP) is 4.56. The van der Waals surface area contributed by atoms with Gasteiger partial charge in [0.15, 0.2) is 0 Å². The van der Waals surface area contributed by atoms with Crippen LogP contribution in [0.3, 0.4) is 0 Å². The van der Waals surface area contributed by atoms with E-state index < -0.39 is 0 Å². The summed E-state index contributed by atoms with van der Waals surface area (Å²) in [4.78, 5) is 12.3. The smallest absolute Gasteiger partial charge is 0.255 e. The first kappa shape index (κ1) is 14.7. The average Bonchev–Trinajstić information content (AvgIpc) is 2.50. The van der Waals surface area contributed by atoms with Crippen LogP contribution in [-0.4, -0.2) is 12.5 Å². The van der Waals surface area contributed by atoms with Gasteiger partial charge in [-0.1, -0.05) is 11.6 Å². The van der Waals surface area contributed by atoms with Crippen molar-refractivity contribution in [2.24, 2.45) is 0 Å². The number of benzene rings is 2. The Morgan fingerprint density at radius 1 is 1.24 bits per heavy atom. The summed E-state index contributed by atoms with van der Waals surface area (Å²) in [5.74, 6) is -0.142. The molecule has 2 N–H and O–H groups in total. The third kappa shape index (κ3) is 3.32. The molecule has 0 aliphatic carbocycles. The van der Waals surface area contributed by atoms with Gasteiger partial charge in [0.2, 0.25) is 0 Å². The number of carbonyl (C=O) groups excluding carboxylic acids is 1. The van der Waals surface area contributed by atoms with Crippen LogP contribution in [0.25, 0.3) is 0 Å². The number of amides is 1. The molecule has 0 atom stereocenters. The number of hydrogen-bond acceptors (Lipinski definition) is 2. The van der Waals surface area contributed by atoms with Gasteiger partial charge in [-0.2, -0.15) is 0 Å². The second-order valence-electron chi connectivity index (χ2n) is 4.99. The summed E-state index contributed by atoms with van der Waals surface area (Å²) in [6, 6.07) is 11.3. The second kappa shape index (κ2) is 6.23. The van der Waals surface area contributed by atoms with Crippen LogP contribution < -0.4 is 10.6 Å². The van der Waals surface area contributed by atoms with E-state index in [1.165, 1.54) is 5.56 Å². The lowest BCUT2D eigenvalue weighted by Crippen LogP contribution is -2.14. The molecule has 3 nitrogen and oxygen atoms in total. The van der Waals surface area contributed by atoms with Crippen molar-refractivity contribution in [2.45, 2.75) is 12.8 Å². The number of aryl methyl sites for hydroxylation is 1. The third-order valence-corrected chi connectivity index (χ3v) is 5.06. The van der Waals surface area contributed by atoms with Gasteiger partial charge in [-0.05, 0) is 77.4 Å². The molecule has 0 saturated heterocycles. The average molecular weight is 413 g/mol. The highest BCUT2D eigenvalue weighted by Crippen LogP contribution is 2.26. The third-order valence-electron chi connectivity index (χ3n) is 3.48. The van der Waals surface area contributed by atoms with E-state index in [1.807, 2.05) is 24.3 Å². The van der Waals surface area contributed by atoms with Gasteiger partial charge in [-0.3, -0.25) is 4.79 Å². The van der Waals surface area contributed by atoms with Crippen LogP contribution in [0.2, 0.25) is 5.02 Å². The van der Waals surface area contributed by atoms with Gasteiger partial charge in [0.1, 0.15) is 0 Å². The number of halogens is 2. The maximum Gasteiger partial charge on any atom is 0.255 e. The van der Waals surface area contributed by atoms with Crippen molar-refractivity contribution in [1.82, 2.24) is 0 Å². The van der Waals surface area contributed by atoms with E-state index in [0.29, 0.717) is 10.6 Å². The van der Waals surface area contributed by atoms with Gasteiger partial charge in [-0.25, -0.2) is 0 Å². The Morgan fingerprint density at radius 2 is 2.10 bits per heavy atom. The van der Waals surface area contributed by atoms with Gasteiger partial charge in [-0.15, -0.1) is 0 Å². The molecule has 0 spiro atoms. The van der Waals surface area contributed by atoms with Crippen molar-refractivity contribution in [3.8, 4) is 0 Å². The SMILES string of the molecule is O=C(Nc1ccc2c(c1)CCCN2)c1ccc(I)c(Cl)c1. The van der Waals surface area contributed by atoms with E-state index in [2.05, 4.69) is 33.2 Å². The van der Waals surface area contributed by atoms with E-state index in [9.17, 15) is 4.79 Å². The summed E-state index contributed by atoms with van der Waals surface area (Å²) in [6.07, 6.45) is 2.17. The van der Waals surface area contributed by atoms with Gasteiger partial charge in [0.25, 0.3) is 5.91 Å². The minimum atomic E-state index is -0.142. The summed E-state index contributed by atoms with van der Waals surface area (Å²) in [6.45, 7) is 1.01. The van der Waals surface area contributed by atoms with Gasteiger partial charge >= 0.3 is 0 Å². The normalized spacial score (nSPS) is 13.2. The molecule has 0 bridgehead atoms. The molecule has 1 amide bonds. The summed E-state index contributed by atoms with van der Waals surface area (Å²) < 4.78 is 0.936. The zero-order valence-corrected chi connectivity index (χ0v) is 14.2. The highest BCUT2D eigenvalue weighted by Gasteiger charge is 2.12. The zero-order chi connectivity index (χ0) is 14.8. The molecule has 1 aliphatic rings. The second-order valence-corrected chi connectivity index (χ2v) is 6.55. The summed E-state index contributed by atoms with van der Waals surface area (Å²) in [7, 11) is 0. The Bertz CT molecular complexity index is 703. The van der Waals surface area contributed by atoms with Crippen LogP contribution in [-0.2, 0) is 6.42 Å². The van der Waals surface area contributed by atoms with E-state index in [-0.39, 0.29) is 5.91 Å². The molecular formula is C16H14ClIN2O. The van der Waals surface area contributed by atoms with Crippen LogP contribution in [0.1, 0.15) is 22.3 Å². The van der Waals surface area contributed by atoms with Crippen molar-refractivity contribution < 1.29 is 4.79 Å². The molecule has 3 rings (SSSR count). The number of anilines is 2. The Labute approximate surface area is 142 Å². The number of nitrogens with one attached hydrogen (secondary N) is 2. The standard InChI is InChI=1S/C16H14ClIN2O/c17-13-9-11(3-5-14(13)18)16(21)20-12-4-6-15-10(8-12)2-1-7-19-15/h3-6,8-9,19H,1-2,7H2,(H,20,21). The molecule has 21 heavy (non-hydrogen) atoms. The minimum Gasteiger partial charge on any atom is -0.385 e. The lowest BCUT2D eigenvalue weighted by Gasteiger charge is -2.18. The zero-order valence-electron chi connectivity index (χ0n) is 11.2. The monoisotopic (exact) mass is 412 g/mol. The molecule has 0 saturated carbocycles. The molecule has 1 aliphatic heterocycles. The van der Waals surface area contributed by atoms with Crippen LogP contribution in [0.15, 0.2) is 36.4 Å². The maximum absolute atomic E-state index is 12.3. The van der Waals surface area contributed by atoms with Crippen molar-refractivity contribution in [1.29, 1.82) is 0 Å². The van der Waals surface area contributed by atoms with E-state index >= 15 is 0 Å². The van der Waals surface area contributed by atoms with Gasteiger partial charge in [0.05, 0.1) is 5.02 Å². The topological polar surface area (TPSA) is 41.1 Å². The molecule has 1 heterocycles. The van der Waals surface area contributed by atoms with Crippen molar-refractivity contribution in [2.75, 3.05) is 17.2 Å². The first-order chi connectivity index (χ1) is 10.1. The van der Waals surface area contributed by atoms with Crippen LogP contribution >= 0.6 is 34.2 Å². The first-order valence-electron chi connectivity index (χ1n) is 6.77. The van der Waals surface area contributed by atoms with Crippen molar-refractivity contribution in [3.63, 3.8) is 0 Å². The quantitative estimate of drug-likeness (QED) is 0.710. The molecular weight excluding hydrogens is 399 g/mol. The molecule has 0 fully saturated rings. The van der Waals surface area contributed by atoms with Crippen LogP contribution in [0, 0.1) is 3.57 Å². The van der Waals surface area contributed by atoms with Crippen molar-refractivity contribution in [3.05, 3.63) is 56.1 Å². The Hall–Kier alpha value is -1.27. The summed E-state index contributed by atoms with van der Waals surface area (Å²) in [5.41, 5.74) is 3.80. The molecule has 2 aromatic rings. The summed E-state index contributed by atoms with van der Waals surface area (Å²) in [5, 5.41) is 6.88. The minimum absolute atomic E-state index is 0.142. The molecule has 2 aromatic carbocycles. The fourth-order valence-electron chi connectivity index (χ4n) is 2.39. The molecule has 5 heteroatoms. The van der Waals surface area contributed by atoms with E-state index in [1.54, 1.807) is 12.1 Å². The van der Waals surface area contributed by atoms with Crippen molar-refractivity contribution >= 4 is 51.5 Å². The largest absolute Gasteiger partial charge is 0.385 e. The van der Waals surface area contributed by atoms with Crippen LogP contribution in [0.5, 0.6) is 0 Å². The van der Waals surface area contributed by atoms with Crippen LogP contribution in [0.4, 0.5) is 11.4 Å². The lowest BCUT2D eigenvalue weighted by atomic mass is 10.0. The fraction of sp³-hybridized carbons (Fsp3) is 0.188. The van der Waals surface area contributed by atoms with E-state index in [4.69, 9.17) is 11.6 Å². The Morgan fingerprint density at radius 3 is 2.90 bits per heavy atom. The molecule has 0 radical (unpaired) electrons. The highest BCUT2D eigenvalue weighted by molar-refractivity contribution is 14.1. The Balaban J connectivity index is 1.79. The molecule has 108 valence electrons. The maximum atomic E-state index is 12.3. The molecule has 0 unspecified atom stereocenters. The van der Waals surface area contributed by atoms with Gasteiger partial charge < -0.3 is 10.6 Å². The number of carbonyl (C=O) groups is 1. The predicted molar refractivity (Wildman–Crippen MR) is 95.4 cm³/mol. The fourth-order valence-corrected chi connectivity index (χ4v) is 2.91. The molecule has 0 aromatic heterocycles.